The molecule has 0 aromatic rings. The number of carbonyl (C=O) groups excluding carboxylic acids is 1. The molecule has 21 heavy (non-hydrogen) atoms. The third-order valence-corrected chi connectivity index (χ3v) is 4.33. The number of aliphatic carboxylic acids is 1. The van der Waals surface area contributed by atoms with Gasteiger partial charge in [-0.3, -0.25) is 9.59 Å². The van der Waals surface area contributed by atoms with Gasteiger partial charge in [-0.15, -0.1) is 0 Å². The van der Waals surface area contributed by atoms with Gasteiger partial charge in [-0.1, -0.05) is 6.92 Å². The Hall–Kier alpha value is -1.31. The molecule has 0 aliphatic heterocycles. The average Bonchev–Trinajstić information content (AvgIpc) is 2.36. The summed E-state index contributed by atoms with van der Waals surface area (Å²) in [5, 5.41) is 11.4. The number of carboxylic acid groups (broad SMARTS) is 1. The maximum absolute atomic E-state index is 12.7. The Bertz CT molecular complexity index is 413. The molecule has 0 aromatic heterocycles. The first-order chi connectivity index (χ1) is 9.42. The van der Waals surface area contributed by atoms with Gasteiger partial charge in [-0.05, 0) is 38.5 Å². The van der Waals surface area contributed by atoms with E-state index in [1.54, 1.807) is 0 Å². The largest absolute Gasteiger partial charge is 0.481 e. The lowest BCUT2D eigenvalue weighted by atomic mass is 9.70. The van der Waals surface area contributed by atoms with Crippen LogP contribution in [0, 0.1) is 11.3 Å². The molecule has 1 unspecified atom stereocenters. The van der Waals surface area contributed by atoms with E-state index in [9.17, 15) is 27.9 Å². The van der Waals surface area contributed by atoms with Crippen LogP contribution in [0.4, 0.5) is 13.2 Å². The average molecular weight is 310 g/mol. The van der Waals surface area contributed by atoms with E-state index in [-0.39, 0.29) is 6.54 Å². The van der Waals surface area contributed by atoms with Gasteiger partial charge in [-0.25, -0.2) is 0 Å². The van der Waals surface area contributed by atoms with Crippen LogP contribution >= 0.6 is 0 Å². The van der Waals surface area contributed by atoms with Crippen molar-refractivity contribution in [1.82, 2.24) is 5.32 Å². The normalized spacial score (nSPS) is 29.5. The molecule has 5 nitrogen and oxygen atoms in total. The maximum Gasteiger partial charge on any atom is 0.415 e. The van der Waals surface area contributed by atoms with Crippen molar-refractivity contribution in [3.05, 3.63) is 0 Å². The Kier molecular flexibility index (Phi) is 4.92. The Balaban J connectivity index is 2.75. The molecule has 4 N–H and O–H groups in total. The van der Waals surface area contributed by atoms with Crippen molar-refractivity contribution in [3.63, 3.8) is 0 Å². The van der Waals surface area contributed by atoms with E-state index in [1.807, 2.05) is 6.92 Å². The molecule has 0 radical (unpaired) electrons. The van der Waals surface area contributed by atoms with Crippen molar-refractivity contribution in [2.45, 2.75) is 51.2 Å². The lowest BCUT2D eigenvalue weighted by Gasteiger charge is -2.36. The van der Waals surface area contributed by atoms with E-state index >= 15 is 0 Å². The number of halogens is 3. The number of carbonyl (C=O) groups is 2. The first-order valence-corrected chi connectivity index (χ1v) is 6.80. The SMILES string of the molecule is CC1CCC(CNC(=O)C(C)(N)C(F)(F)F)(C(=O)O)CC1. The highest BCUT2D eigenvalue weighted by molar-refractivity contribution is 5.87. The zero-order valence-electron chi connectivity index (χ0n) is 12.1. The second kappa shape index (κ2) is 5.82. The van der Waals surface area contributed by atoms with Crippen LogP contribution < -0.4 is 11.1 Å². The molecule has 1 atom stereocenters. The fourth-order valence-electron chi connectivity index (χ4n) is 2.34. The van der Waals surface area contributed by atoms with E-state index in [1.165, 1.54) is 0 Å². The summed E-state index contributed by atoms with van der Waals surface area (Å²) in [5.74, 6) is -2.13. The zero-order chi connectivity index (χ0) is 16.5. The summed E-state index contributed by atoms with van der Waals surface area (Å²) in [6, 6.07) is 0. The lowest BCUT2D eigenvalue weighted by molar-refractivity contribution is -0.187. The van der Waals surface area contributed by atoms with Crippen molar-refractivity contribution >= 4 is 11.9 Å². The van der Waals surface area contributed by atoms with Gasteiger partial charge in [0, 0.05) is 6.54 Å². The van der Waals surface area contributed by atoms with E-state index < -0.39 is 29.0 Å². The van der Waals surface area contributed by atoms with Crippen molar-refractivity contribution in [2.75, 3.05) is 6.54 Å². The Morgan fingerprint density at radius 2 is 1.81 bits per heavy atom. The van der Waals surface area contributed by atoms with Crippen LogP contribution in [-0.2, 0) is 9.59 Å². The van der Waals surface area contributed by atoms with Crippen molar-refractivity contribution < 1.29 is 27.9 Å². The molecule has 0 aromatic carbocycles. The summed E-state index contributed by atoms with van der Waals surface area (Å²) in [6.07, 6.45) is -2.90. The number of nitrogens with one attached hydrogen (secondary N) is 1. The predicted octanol–water partition coefficient (Wildman–Crippen LogP) is 1.66. The van der Waals surface area contributed by atoms with Gasteiger partial charge in [-0.2, -0.15) is 13.2 Å². The van der Waals surface area contributed by atoms with Crippen LogP contribution in [0.25, 0.3) is 0 Å². The molecule has 1 fully saturated rings. The molecule has 122 valence electrons. The number of carboxylic acids is 1. The van der Waals surface area contributed by atoms with Gasteiger partial charge in [0.1, 0.15) is 0 Å². The molecule has 0 heterocycles. The van der Waals surface area contributed by atoms with E-state index in [0.717, 1.165) is 0 Å². The van der Waals surface area contributed by atoms with Crippen LogP contribution in [-0.4, -0.2) is 35.2 Å². The molecule has 1 saturated carbocycles. The quantitative estimate of drug-likeness (QED) is 0.736. The summed E-state index contributed by atoms with van der Waals surface area (Å²) in [5.41, 5.74) is 0.772. The predicted molar refractivity (Wildman–Crippen MR) is 69.4 cm³/mol. The standard InChI is InChI=1S/C13H21F3N2O3/c1-8-3-5-12(6-4-8,10(20)21)7-18-9(19)11(2,17)13(14,15)16/h8H,3-7,17H2,1-2H3,(H,18,19)(H,20,21). The number of nitrogens with two attached hydrogens (primary N) is 1. The molecule has 8 heteroatoms. The Labute approximate surface area is 121 Å². The van der Waals surface area contributed by atoms with Gasteiger partial charge in [0.15, 0.2) is 5.54 Å². The number of hydrogen-bond acceptors (Lipinski definition) is 3. The zero-order valence-corrected chi connectivity index (χ0v) is 12.1. The molecule has 0 bridgehead atoms. The smallest absolute Gasteiger partial charge is 0.415 e. The minimum absolute atomic E-state index is 0.330. The summed E-state index contributed by atoms with van der Waals surface area (Å²) < 4.78 is 38.0. The summed E-state index contributed by atoms with van der Waals surface area (Å²) >= 11 is 0. The maximum atomic E-state index is 12.7. The highest BCUT2D eigenvalue weighted by atomic mass is 19.4. The topological polar surface area (TPSA) is 92.4 Å². The molecule has 1 rings (SSSR count). The van der Waals surface area contributed by atoms with Crippen molar-refractivity contribution in [2.24, 2.45) is 17.1 Å². The number of rotatable bonds is 4. The van der Waals surface area contributed by atoms with Gasteiger partial charge in [0.25, 0.3) is 0 Å². The van der Waals surface area contributed by atoms with E-state index in [0.29, 0.717) is 38.5 Å². The van der Waals surface area contributed by atoms with Crippen LogP contribution in [0.1, 0.15) is 39.5 Å². The summed E-state index contributed by atoms with van der Waals surface area (Å²) in [7, 11) is 0. The molecule has 0 spiro atoms. The monoisotopic (exact) mass is 310 g/mol. The van der Waals surface area contributed by atoms with Gasteiger partial charge >= 0.3 is 12.1 Å². The second-order valence-electron chi connectivity index (χ2n) is 6.15. The minimum Gasteiger partial charge on any atom is -0.481 e. The lowest BCUT2D eigenvalue weighted by Crippen LogP contribution is -2.62. The second-order valence-corrected chi connectivity index (χ2v) is 6.15. The van der Waals surface area contributed by atoms with Crippen molar-refractivity contribution in [1.29, 1.82) is 0 Å². The Morgan fingerprint density at radius 3 is 2.19 bits per heavy atom. The van der Waals surface area contributed by atoms with Crippen LogP contribution in [0.5, 0.6) is 0 Å². The molecule has 1 aliphatic carbocycles. The van der Waals surface area contributed by atoms with E-state index in [4.69, 9.17) is 5.73 Å². The van der Waals surface area contributed by atoms with Gasteiger partial charge in [0.05, 0.1) is 5.41 Å². The third-order valence-electron chi connectivity index (χ3n) is 4.33. The number of amides is 1. The summed E-state index contributed by atoms with van der Waals surface area (Å²) in [6.45, 7) is 2.22. The third kappa shape index (κ3) is 3.66. The molecular weight excluding hydrogens is 289 g/mol. The van der Waals surface area contributed by atoms with Crippen LogP contribution in [0.2, 0.25) is 0 Å². The van der Waals surface area contributed by atoms with Gasteiger partial charge in [0.2, 0.25) is 5.91 Å². The first kappa shape index (κ1) is 17.7. The van der Waals surface area contributed by atoms with E-state index in [2.05, 4.69) is 5.32 Å². The molecule has 1 aliphatic rings. The van der Waals surface area contributed by atoms with Crippen LogP contribution in [0.3, 0.4) is 0 Å². The molecular formula is C13H21F3N2O3. The number of alkyl halides is 3. The summed E-state index contributed by atoms with van der Waals surface area (Å²) in [4.78, 5) is 23.1. The minimum atomic E-state index is -4.89. The van der Waals surface area contributed by atoms with Gasteiger partial charge < -0.3 is 16.2 Å². The molecule has 1 amide bonds. The van der Waals surface area contributed by atoms with Crippen LogP contribution in [0.15, 0.2) is 0 Å². The highest BCUT2D eigenvalue weighted by Crippen LogP contribution is 2.39. The first-order valence-electron chi connectivity index (χ1n) is 6.80. The fraction of sp³-hybridized carbons (Fsp3) is 0.846. The molecule has 0 saturated heterocycles. The highest BCUT2D eigenvalue weighted by Gasteiger charge is 2.54. The Morgan fingerprint density at radius 1 is 1.33 bits per heavy atom. The van der Waals surface area contributed by atoms with Crippen molar-refractivity contribution in [3.8, 4) is 0 Å². The number of hydrogen-bond donors (Lipinski definition) is 3. The fourth-order valence-corrected chi connectivity index (χ4v) is 2.34.